The van der Waals surface area contributed by atoms with Crippen molar-refractivity contribution < 1.29 is 59.3 Å². The maximum atomic E-state index is 9.49. The molecule has 0 fully saturated rings. The van der Waals surface area contributed by atoms with Crippen molar-refractivity contribution in [2.24, 2.45) is 0 Å². The second-order valence-corrected chi connectivity index (χ2v) is 3.20. The van der Waals surface area contributed by atoms with Crippen LogP contribution >= 0.6 is 0 Å². The van der Waals surface area contributed by atoms with Gasteiger partial charge in [-0.15, -0.1) is 0 Å². The fourth-order valence-corrected chi connectivity index (χ4v) is 0. The van der Waals surface area contributed by atoms with Gasteiger partial charge in [-0.2, -0.15) is 0 Å². The van der Waals surface area contributed by atoms with Crippen LogP contribution in [0.15, 0.2) is 36.5 Å². The number of rotatable bonds is 3. The molecule has 0 aromatic heterocycles. The van der Waals surface area contributed by atoms with Crippen molar-refractivity contribution in [3.63, 3.8) is 0 Å². The van der Waals surface area contributed by atoms with Gasteiger partial charge in [0, 0.05) is 0 Å². The van der Waals surface area contributed by atoms with Crippen molar-refractivity contribution in [1.29, 1.82) is 0 Å². The van der Waals surface area contributed by atoms with Crippen molar-refractivity contribution in [2.75, 3.05) is 0 Å². The first kappa shape index (κ1) is 31.7. The molecule has 0 unspecified atom stereocenters. The van der Waals surface area contributed by atoms with E-state index in [0.29, 0.717) is 0 Å². The molecule has 0 spiro atoms. The topological polar surface area (TPSA) is 120 Å². The molecule has 0 aliphatic heterocycles. The summed E-state index contributed by atoms with van der Waals surface area (Å²) in [6, 6.07) is 0. The van der Waals surface area contributed by atoms with E-state index in [-0.39, 0.29) is 69.3 Å². The molecule has 0 saturated heterocycles. The molecule has 20 heavy (non-hydrogen) atoms. The first-order valence-electron chi connectivity index (χ1n) is 4.54. The Balaban J connectivity index is -0.0000000536. The molecular weight excluding hydrogens is 287 g/mol. The Morgan fingerprint density at radius 2 is 0.700 bits per heavy atom. The normalized spacial score (nSPS) is 6.75. The zero-order valence-electron chi connectivity index (χ0n) is 12.3. The summed E-state index contributed by atoms with van der Waals surface area (Å²) in [4.78, 5) is 28.5. The minimum absolute atomic E-state index is 0. The molecule has 0 amide bonds. The van der Waals surface area contributed by atoms with E-state index in [0.717, 1.165) is 0 Å². The van der Waals surface area contributed by atoms with Crippen molar-refractivity contribution >= 4 is 41.0 Å². The minimum Gasteiger partial charge on any atom is -0.545 e. The summed E-state index contributed by atoms with van der Waals surface area (Å²) in [5, 5.41) is 28.5. The van der Waals surface area contributed by atoms with Gasteiger partial charge in [-0.1, -0.05) is 19.7 Å². The monoisotopic (exact) mass is 302 g/mol. The molecule has 0 atom stereocenters. The van der Waals surface area contributed by atoms with Gasteiger partial charge in [0.1, 0.15) is 0 Å². The SMILES string of the molecule is C=C(C)C(=O)[O-].C=C(C)C(=O)[O-].C=C(C)C(=O)[O-].[Mg+2].[Na+]. The van der Waals surface area contributed by atoms with Crippen LogP contribution in [0, 0.1) is 0 Å². The van der Waals surface area contributed by atoms with Crippen LogP contribution in [-0.2, 0) is 14.4 Å². The van der Waals surface area contributed by atoms with Crippen molar-refractivity contribution in [1.82, 2.24) is 0 Å². The van der Waals surface area contributed by atoms with Gasteiger partial charge in [-0.05, 0) is 37.5 Å². The molecule has 0 aromatic rings. The molecule has 0 heterocycles. The second kappa shape index (κ2) is 18.4. The van der Waals surface area contributed by atoms with Gasteiger partial charge in [-0.3, -0.25) is 0 Å². The third kappa shape index (κ3) is 36.0. The maximum absolute atomic E-state index is 9.49. The fraction of sp³-hybridized carbons (Fsp3) is 0.250. The minimum atomic E-state index is -1.19. The Labute approximate surface area is 156 Å². The molecule has 0 aliphatic rings. The Morgan fingerprint density at radius 1 is 0.650 bits per heavy atom. The zero-order valence-corrected chi connectivity index (χ0v) is 15.7. The van der Waals surface area contributed by atoms with E-state index >= 15 is 0 Å². The van der Waals surface area contributed by atoms with Crippen molar-refractivity contribution in [3.05, 3.63) is 36.5 Å². The fourth-order valence-electron chi connectivity index (χ4n) is 0. The molecule has 102 valence electrons. The van der Waals surface area contributed by atoms with E-state index in [1.165, 1.54) is 20.8 Å². The van der Waals surface area contributed by atoms with Gasteiger partial charge < -0.3 is 29.7 Å². The number of hydrogen-bond acceptors (Lipinski definition) is 6. The largest absolute Gasteiger partial charge is 2.00 e. The van der Waals surface area contributed by atoms with Crippen LogP contribution in [-0.4, -0.2) is 41.0 Å². The van der Waals surface area contributed by atoms with E-state index in [9.17, 15) is 29.7 Å². The van der Waals surface area contributed by atoms with Crippen LogP contribution in [0.4, 0.5) is 0 Å². The zero-order chi connectivity index (χ0) is 15.5. The van der Waals surface area contributed by atoms with Gasteiger partial charge in [0.05, 0.1) is 17.9 Å². The summed E-state index contributed by atoms with van der Waals surface area (Å²) in [6.07, 6.45) is 0. The number of carbonyl (C=O) groups is 3. The third-order valence-electron chi connectivity index (χ3n) is 1.05. The van der Waals surface area contributed by atoms with Crippen LogP contribution in [0.5, 0.6) is 0 Å². The molecular formula is C12H15MgNaO6. The first-order valence-corrected chi connectivity index (χ1v) is 4.54. The van der Waals surface area contributed by atoms with Crippen LogP contribution in [0.1, 0.15) is 20.8 Å². The summed E-state index contributed by atoms with van der Waals surface area (Å²) in [6.45, 7) is 13.4. The molecule has 8 heteroatoms. The quantitative estimate of drug-likeness (QED) is 0.379. The van der Waals surface area contributed by atoms with Crippen LogP contribution in [0.3, 0.4) is 0 Å². The molecule has 6 nitrogen and oxygen atoms in total. The van der Waals surface area contributed by atoms with E-state index in [4.69, 9.17) is 0 Å². The van der Waals surface area contributed by atoms with Gasteiger partial charge >= 0.3 is 52.6 Å². The van der Waals surface area contributed by atoms with E-state index in [2.05, 4.69) is 19.7 Å². The number of aliphatic carboxylic acids is 3. The smallest absolute Gasteiger partial charge is 0.545 e. The summed E-state index contributed by atoms with van der Waals surface area (Å²) >= 11 is 0. The number of hydrogen-bond donors (Lipinski definition) is 0. The number of carboxylic acids is 3. The summed E-state index contributed by atoms with van der Waals surface area (Å²) in [5.74, 6) is -3.56. The van der Waals surface area contributed by atoms with Gasteiger partial charge in [0.25, 0.3) is 0 Å². The predicted octanol–water partition coefficient (Wildman–Crippen LogP) is -5.44. The summed E-state index contributed by atoms with van der Waals surface area (Å²) in [7, 11) is 0. The van der Waals surface area contributed by atoms with Gasteiger partial charge in [-0.25, -0.2) is 0 Å². The van der Waals surface area contributed by atoms with Crippen LogP contribution in [0.25, 0.3) is 0 Å². The molecule has 0 radical (unpaired) electrons. The van der Waals surface area contributed by atoms with Crippen molar-refractivity contribution in [3.8, 4) is 0 Å². The molecule has 0 bridgehead atoms. The van der Waals surface area contributed by atoms with E-state index < -0.39 is 17.9 Å². The Hall–Kier alpha value is -0.604. The molecule has 0 rings (SSSR count). The average molecular weight is 303 g/mol. The Kier molecular flexibility index (Phi) is 29.1. The molecule has 0 aliphatic carbocycles. The second-order valence-electron chi connectivity index (χ2n) is 3.20. The summed E-state index contributed by atoms with van der Waals surface area (Å²) < 4.78 is 0. The summed E-state index contributed by atoms with van der Waals surface area (Å²) in [5.41, 5.74) is 0.194. The standard InChI is InChI=1S/3C4H6O2.Mg.Na/c3*1-3(2)4(5)6;;/h3*1H2,2H3,(H,5,6);;/q;;;+2;+1/p-3. The Bertz CT molecular complexity index is 283. The van der Waals surface area contributed by atoms with Crippen molar-refractivity contribution in [2.45, 2.75) is 20.8 Å². The third-order valence-corrected chi connectivity index (χ3v) is 1.05. The maximum Gasteiger partial charge on any atom is 2.00 e. The number of carbonyl (C=O) groups excluding carboxylic acids is 3. The molecule has 0 aromatic carbocycles. The van der Waals surface area contributed by atoms with Crippen LogP contribution < -0.4 is 44.9 Å². The Morgan fingerprint density at radius 3 is 0.700 bits per heavy atom. The van der Waals surface area contributed by atoms with Gasteiger partial charge in [0.2, 0.25) is 0 Å². The predicted molar refractivity (Wildman–Crippen MR) is 65.2 cm³/mol. The van der Waals surface area contributed by atoms with E-state index in [1.54, 1.807) is 0 Å². The molecule has 0 saturated carbocycles. The van der Waals surface area contributed by atoms with E-state index in [1.807, 2.05) is 0 Å². The van der Waals surface area contributed by atoms with Gasteiger partial charge in [0.15, 0.2) is 0 Å². The van der Waals surface area contributed by atoms with Crippen LogP contribution in [0.2, 0.25) is 0 Å². The first-order chi connectivity index (χ1) is 7.93. The average Bonchev–Trinajstić information content (AvgIpc) is 2.18. The molecule has 0 N–H and O–H groups in total. The number of carboxylic acid groups (broad SMARTS) is 3.